The largest absolute Gasteiger partial charge is 0.477 e. The van der Waals surface area contributed by atoms with E-state index in [0.29, 0.717) is 13.1 Å². The third-order valence-electron chi connectivity index (χ3n) is 1.81. The molecule has 0 aliphatic rings. The first-order valence-corrected chi connectivity index (χ1v) is 4.63. The first-order valence-electron chi connectivity index (χ1n) is 4.63. The maximum Gasteiger partial charge on any atom is 0.375 e. The van der Waals surface area contributed by atoms with Crippen molar-refractivity contribution >= 4 is 5.97 Å². The average Bonchev–Trinajstić information content (AvgIpc) is 2.01. The van der Waals surface area contributed by atoms with Crippen LogP contribution in [0, 0.1) is 5.92 Å². The first kappa shape index (κ1) is 13.3. The van der Waals surface area contributed by atoms with Gasteiger partial charge in [-0.15, -0.1) is 0 Å². The molecule has 0 spiro atoms. The molecule has 0 aromatic carbocycles. The number of carboxylic acids is 1. The van der Waals surface area contributed by atoms with Crippen molar-refractivity contribution in [1.82, 2.24) is 4.90 Å². The van der Waals surface area contributed by atoms with Crippen LogP contribution in [0.3, 0.4) is 0 Å². The molecular weight excluding hydrogens is 192 g/mol. The smallest absolute Gasteiger partial charge is 0.375 e. The predicted molar refractivity (Wildman–Crippen MR) is 49.5 cm³/mol. The molecule has 0 radical (unpaired) electrons. The summed E-state index contributed by atoms with van der Waals surface area (Å²) in [5.41, 5.74) is 0. The molecule has 0 aromatic rings. The number of carboxylic acid groups (broad SMARTS) is 1. The molecule has 0 heterocycles. The molecule has 0 unspecified atom stereocenters. The molecule has 0 saturated carbocycles. The minimum Gasteiger partial charge on any atom is -0.477 e. The zero-order valence-corrected chi connectivity index (χ0v) is 8.76. The topological polar surface area (TPSA) is 40.5 Å². The lowest BCUT2D eigenvalue weighted by Crippen LogP contribution is -2.43. The highest BCUT2D eigenvalue weighted by Crippen LogP contribution is 2.16. The Balaban J connectivity index is 4.23. The van der Waals surface area contributed by atoms with E-state index < -0.39 is 18.4 Å². The van der Waals surface area contributed by atoms with E-state index in [1.165, 1.54) is 4.90 Å². The summed E-state index contributed by atoms with van der Waals surface area (Å²) in [4.78, 5) is 11.6. The van der Waals surface area contributed by atoms with Crippen molar-refractivity contribution in [3.8, 4) is 0 Å². The van der Waals surface area contributed by atoms with E-state index >= 15 is 0 Å². The first-order chi connectivity index (χ1) is 6.29. The molecule has 5 heteroatoms. The maximum absolute atomic E-state index is 12.8. The van der Waals surface area contributed by atoms with Crippen molar-refractivity contribution in [2.45, 2.75) is 26.7 Å². The molecule has 0 atom stereocenters. The highest BCUT2D eigenvalue weighted by Gasteiger charge is 2.40. The number of hydrogen-bond donors (Lipinski definition) is 1. The molecule has 0 aliphatic heterocycles. The van der Waals surface area contributed by atoms with E-state index in [0.717, 1.165) is 0 Å². The lowest BCUT2D eigenvalue weighted by atomic mass is 10.2. The zero-order valence-electron chi connectivity index (χ0n) is 8.76. The van der Waals surface area contributed by atoms with E-state index in [-0.39, 0.29) is 5.92 Å². The molecule has 1 N–H and O–H groups in total. The summed E-state index contributed by atoms with van der Waals surface area (Å²) in [6.45, 7) is 5.75. The Labute approximate surface area is 82.7 Å². The van der Waals surface area contributed by atoms with Crippen LogP contribution < -0.4 is 0 Å². The van der Waals surface area contributed by atoms with Crippen molar-refractivity contribution in [3.05, 3.63) is 0 Å². The zero-order chi connectivity index (χ0) is 11.4. The Kier molecular flexibility index (Phi) is 4.97. The number of nitrogens with zero attached hydrogens (tertiary/aromatic N) is 1. The van der Waals surface area contributed by atoms with E-state index in [4.69, 9.17) is 5.11 Å². The SMILES string of the molecule is CCN(CC(C)C)CC(F)(F)C(=O)O. The monoisotopic (exact) mass is 209 g/mol. The van der Waals surface area contributed by atoms with Gasteiger partial charge in [0.15, 0.2) is 0 Å². The number of carbonyl (C=O) groups is 1. The summed E-state index contributed by atoms with van der Waals surface area (Å²) in [6.07, 6.45) is 0. The molecule has 0 bridgehead atoms. The lowest BCUT2D eigenvalue weighted by molar-refractivity contribution is -0.167. The normalized spacial score (nSPS) is 12.5. The van der Waals surface area contributed by atoms with E-state index in [2.05, 4.69) is 0 Å². The van der Waals surface area contributed by atoms with Crippen molar-refractivity contribution in [1.29, 1.82) is 0 Å². The maximum atomic E-state index is 12.8. The second-order valence-corrected chi connectivity index (χ2v) is 3.73. The van der Waals surface area contributed by atoms with Gasteiger partial charge in [-0.05, 0) is 12.5 Å². The van der Waals surface area contributed by atoms with Gasteiger partial charge in [0, 0.05) is 6.54 Å². The van der Waals surface area contributed by atoms with Crippen LogP contribution in [-0.2, 0) is 4.79 Å². The van der Waals surface area contributed by atoms with Crippen molar-refractivity contribution in [2.24, 2.45) is 5.92 Å². The van der Waals surface area contributed by atoms with E-state index in [1.807, 2.05) is 13.8 Å². The Bertz CT molecular complexity index is 195. The number of rotatable bonds is 6. The molecule has 0 aromatic heterocycles. The highest BCUT2D eigenvalue weighted by atomic mass is 19.3. The molecule has 14 heavy (non-hydrogen) atoms. The summed E-state index contributed by atoms with van der Waals surface area (Å²) < 4.78 is 25.6. The average molecular weight is 209 g/mol. The number of halogens is 2. The second-order valence-electron chi connectivity index (χ2n) is 3.73. The molecule has 0 saturated heterocycles. The summed E-state index contributed by atoms with van der Waals surface area (Å²) in [5.74, 6) is -5.45. The van der Waals surface area contributed by atoms with Crippen LogP contribution in [-0.4, -0.2) is 41.5 Å². The third kappa shape index (κ3) is 4.50. The van der Waals surface area contributed by atoms with Gasteiger partial charge in [0.1, 0.15) is 0 Å². The second kappa shape index (κ2) is 5.24. The minimum atomic E-state index is -3.65. The summed E-state index contributed by atoms with van der Waals surface area (Å²) in [7, 11) is 0. The minimum absolute atomic E-state index is 0.250. The van der Waals surface area contributed by atoms with Gasteiger partial charge in [0.2, 0.25) is 0 Å². The van der Waals surface area contributed by atoms with Gasteiger partial charge in [-0.1, -0.05) is 20.8 Å². The van der Waals surface area contributed by atoms with Crippen LogP contribution in [0.15, 0.2) is 0 Å². The van der Waals surface area contributed by atoms with Gasteiger partial charge < -0.3 is 5.11 Å². The molecule has 84 valence electrons. The summed E-state index contributed by atoms with van der Waals surface area (Å²) in [6, 6.07) is 0. The van der Waals surface area contributed by atoms with Crippen LogP contribution in [0.25, 0.3) is 0 Å². The predicted octanol–water partition coefficient (Wildman–Crippen LogP) is 1.68. The van der Waals surface area contributed by atoms with Gasteiger partial charge in [-0.25, -0.2) is 4.79 Å². The molecule has 3 nitrogen and oxygen atoms in total. The van der Waals surface area contributed by atoms with E-state index in [9.17, 15) is 13.6 Å². The number of alkyl halides is 2. The lowest BCUT2D eigenvalue weighted by Gasteiger charge is -2.25. The van der Waals surface area contributed by atoms with Gasteiger partial charge in [0.25, 0.3) is 0 Å². The summed E-state index contributed by atoms with van der Waals surface area (Å²) >= 11 is 0. The highest BCUT2D eigenvalue weighted by molar-refractivity contribution is 5.75. The van der Waals surface area contributed by atoms with E-state index in [1.54, 1.807) is 6.92 Å². The Morgan fingerprint density at radius 2 is 2.00 bits per heavy atom. The Morgan fingerprint density at radius 1 is 1.50 bits per heavy atom. The molecule has 0 aliphatic carbocycles. The molecular formula is C9H17F2NO2. The Hall–Kier alpha value is -0.710. The van der Waals surface area contributed by atoms with Crippen LogP contribution in [0.1, 0.15) is 20.8 Å². The van der Waals surface area contributed by atoms with Crippen LogP contribution in [0.2, 0.25) is 0 Å². The van der Waals surface area contributed by atoms with Crippen molar-refractivity contribution in [3.63, 3.8) is 0 Å². The quantitative estimate of drug-likeness (QED) is 0.723. The number of hydrogen-bond acceptors (Lipinski definition) is 2. The van der Waals surface area contributed by atoms with Crippen molar-refractivity contribution in [2.75, 3.05) is 19.6 Å². The van der Waals surface area contributed by atoms with Gasteiger partial charge >= 0.3 is 11.9 Å². The van der Waals surface area contributed by atoms with Gasteiger partial charge in [0.05, 0.1) is 6.54 Å². The summed E-state index contributed by atoms with van der Waals surface area (Å²) in [5, 5.41) is 8.24. The molecule has 0 fully saturated rings. The van der Waals surface area contributed by atoms with Crippen LogP contribution >= 0.6 is 0 Å². The number of aliphatic carboxylic acids is 1. The fourth-order valence-electron chi connectivity index (χ4n) is 1.17. The van der Waals surface area contributed by atoms with Gasteiger partial charge in [-0.3, -0.25) is 4.90 Å². The molecule has 0 rings (SSSR count). The van der Waals surface area contributed by atoms with Gasteiger partial charge in [-0.2, -0.15) is 8.78 Å². The fraction of sp³-hybridized carbons (Fsp3) is 0.889. The standard InChI is InChI=1S/C9H17F2NO2/c1-4-12(5-7(2)3)6-9(10,11)8(13)14/h7H,4-6H2,1-3H3,(H,13,14). The van der Waals surface area contributed by atoms with Crippen LogP contribution in [0.5, 0.6) is 0 Å². The van der Waals surface area contributed by atoms with Crippen LogP contribution in [0.4, 0.5) is 8.78 Å². The third-order valence-corrected chi connectivity index (χ3v) is 1.81. The Morgan fingerprint density at radius 3 is 2.29 bits per heavy atom. The molecule has 0 amide bonds. The van der Waals surface area contributed by atoms with Crippen molar-refractivity contribution < 1.29 is 18.7 Å². The fourth-order valence-corrected chi connectivity index (χ4v) is 1.17.